The molecule has 0 aliphatic heterocycles. The van der Waals surface area contributed by atoms with Crippen LogP contribution in [0.25, 0.3) is 0 Å². The van der Waals surface area contributed by atoms with E-state index >= 15 is 0 Å². The molecule has 2 nitrogen and oxygen atoms in total. The van der Waals surface area contributed by atoms with Crippen molar-refractivity contribution in [2.24, 2.45) is 5.84 Å². The zero-order valence-electron chi connectivity index (χ0n) is 10.2. The van der Waals surface area contributed by atoms with Gasteiger partial charge in [-0.2, -0.15) is 11.3 Å². The lowest BCUT2D eigenvalue weighted by Crippen LogP contribution is -2.29. The van der Waals surface area contributed by atoms with Gasteiger partial charge in [-0.25, -0.2) is 0 Å². The summed E-state index contributed by atoms with van der Waals surface area (Å²) in [5, 5.41) is 4.24. The van der Waals surface area contributed by atoms with Crippen LogP contribution in [-0.2, 0) is 6.42 Å². The Labute approximate surface area is 106 Å². The fourth-order valence-corrected chi connectivity index (χ4v) is 2.84. The highest BCUT2D eigenvalue weighted by Crippen LogP contribution is 2.23. The van der Waals surface area contributed by atoms with Crippen molar-refractivity contribution in [1.82, 2.24) is 5.43 Å². The van der Waals surface area contributed by atoms with Crippen molar-refractivity contribution in [3.8, 4) is 0 Å². The van der Waals surface area contributed by atoms with Gasteiger partial charge in [0.05, 0.1) is 6.04 Å². The first kappa shape index (κ1) is 12.3. The molecular formula is C14H18N2S. The van der Waals surface area contributed by atoms with Gasteiger partial charge in [0.25, 0.3) is 0 Å². The minimum atomic E-state index is 0.195. The van der Waals surface area contributed by atoms with Crippen LogP contribution in [-0.4, -0.2) is 0 Å². The Kier molecular flexibility index (Phi) is 3.94. The van der Waals surface area contributed by atoms with Gasteiger partial charge in [0.15, 0.2) is 0 Å². The SMILES string of the molecule is Cc1cccc(C)c1CC(NN)c1ccsc1. The van der Waals surface area contributed by atoms with E-state index in [-0.39, 0.29) is 6.04 Å². The molecule has 2 rings (SSSR count). The van der Waals surface area contributed by atoms with Crippen LogP contribution in [0.2, 0.25) is 0 Å². The molecule has 1 aromatic carbocycles. The van der Waals surface area contributed by atoms with Crippen molar-refractivity contribution in [2.45, 2.75) is 26.3 Å². The summed E-state index contributed by atoms with van der Waals surface area (Å²) in [5.41, 5.74) is 8.24. The Hall–Kier alpha value is -1.16. The number of benzene rings is 1. The zero-order valence-corrected chi connectivity index (χ0v) is 11.1. The Morgan fingerprint density at radius 2 is 1.94 bits per heavy atom. The van der Waals surface area contributed by atoms with Crippen LogP contribution < -0.4 is 11.3 Å². The summed E-state index contributed by atoms with van der Waals surface area (Å²) in [6, 6.07) is 8.74. The number of nitrogens with one attached hydrogen (secondary N) is 1. The molecule has 1 unspecified atom stereocenters. The predicted molar refractivity (Wildman–Crippen MR) is 74.0 cm³/mol. The number of aryl methyl sites for hydroxylation is 2. The summed E-state index contributed by atoms with van der Waals surface area (Å²) in [4.78, 5) is 0. The number of thiophene rings is 1. The van der Waals surface area contributed by atoms with Gasteiger partial charge in [0, 0.05) is 0 Å². The quantitative estimate of drug-likeness (QED) is 0.642. The predicted octanol–water partition coefficient (Wildman–Crippen LogP) is 3.11. The molecule has 2 aromatic rings. The normalized spacial score (nSPS) is 12.6. The summed E-state index contributed by atoms with van der Waals surface area (Å²) in [6.07, 6.45) is 0.936. The molecule has 90 valence electrons. The van der Waals surface area contributed by atoms with Crippen molar-refractivity contribution < 1.29 is 0 Å². The fourth-order valence-electron chi connectivity index (χ4n) is 2.12. The lowest BCUT2D eigenvalue weighted by Gasteiger charge is -2.18. The van der Waals surface area contributed by atoms with Gasteiger partial charge in [-0.1, -0.05) is 18.2 Å². The molecule has 0 radical (unpaired) electrons. The second-order valence-electron chi connectivity index (χ2n) is 4.35. The van der Waals surface area contributed by atoms with E-state index in [9.17, 15) is 0 Å². The summed E-state index contributed by atoms with van der Waals surface area (Å²) in [6.45, 7) is 4.31. The van der Waals surface area contributed by atoms with Crippen molar-refractivity contribution in [3.05, 3.63) is 57.3 Å². The van der Waals surface area contributed by atoms with Crippen LogP contribution in [0.1, 0.15) is 28.3 Å². The number of hydrogen-bond donors (Lipinski definition) is 2. The van der Waals surface area contributed by atoms with E-state index in [0.717, 1.165) is 6.42 Å². The van der Waals surface area contributed by atoms with Gasteiger partial charge in [0.2, 0.25) is 0 Å². The van der Waals surface area contributed by atoms with E-state index in [4.69, 9.17) is 5.84 Å². The molecule has 1 aromatic heterocycles. The van der Waals surface area contributed by atoms with E-state index in [2.05, 4.69) is 54.3 Å². The van der Waals surface area contributed by atoms with Gasteiger partial charge >= 0.3 is 0 Å². The molecule has 0 aliphatic rings. The fraction of sp³-hybridized carbons (Fsp3) is 0.286. The van der Waals surface area contributed by atoms with E-state index < -0.39 is 0 Å². The average Bonchev–Trinajstić information content (AvgIpc) is 2.82. The van der Waals surface area contributed by atoms with Crippen molar-refractivity contribution >= 4 is 11.3 Å². The maximum atomic E-state index is 5.67. The Morgan fingerprint density at radius 1 is 1.24 bits per heavy atom. The van der Waals surface area contributed by atoms with Gasteiger partial charge in [-0.3, -0.25) is 11.3 Å². The molecule has 0 saturated heterocycles. The average molecular weight is 246 g/mol. The lowest BCUT2D eigenvalue weighted by molar-refractivity contribution is 0.551. The van der Waals surface area contributed by atoms with Crippen LogP contribution >= 0.6 is 11.3 Å². The number of hydrazine groups is 1. The Bertz CT molecular complexity index is 457. The lowest BCUT2D eigenvalue weighted by atomic mass is 9.94. The third kappa shape index (κ3) is 2.75. The summed E-state index contributed by atoms with van der Waals surface area (Å²) in [7, 11) is 0. The highest BCUT2D eigenvalue weighted by atomic mass is 32.1. The van der Waals surface area contributed by atoms with Crippen molar-refractivity contribution in [3.63, 3.8) is 0 Å². The molecule has 0 bridgehead atoms. The minimum absolute atomic E-state index is 0.195. The first-order valence-electron chi connectivity index (χ1n) is 5.75. The Balaban J connectivity index is 2.25. The van der Waals surface area contributed by atoms with Crippen molar-refractivity contribution in [2.75, 3.05) is 0 Å². The molecule has 17 heavy (non-hydrogen) atoms. The van der Waals surface area contributed by atoms with Gasteiger partial charge in [-0.05, 0) is 59.3 Å². The molecule has 0 saturated carbocycles. The van der Waals surface area contributed by atoms with Crippen molar-refractivity contribution in [1.29, 1.82) is 0 Å². The highest BCUT2D eigenvalue weighted by molar-refractivity contribution is 7.07. The summed E-state index contributed by atoms with van der Waals surface area (Å²) >= 11 is 1.71. The zero-order chi connectivity index (χ0) is 12.3. The summed E-state index contributed by atoms with van der Waals surface area (Å²) < 4.78 is 0. The molecule has 0 fully saturated rings. The molecule has 1 atom stereocenters. The van der Waals surface area contributed by atoms with Crippen LogP contribution in [0.5, 0.6) is 0 Å². The molecule has 0 amide bonds. The standard InChI is InChI=1S/C14H18N2S/c1-10-4-3-5-11(2)13(10)8-14(16-15)12-6-7-17-9-12/h3-7,9,14,16H,8,15H2,1-2H3. The molecule has 3 heteroatoms. The van der Waals surface area contributed by atoms with Gasteiger partial charge in [-0.15, -0.1) is 0 Å². The second-order valence-corrected chi connectivity index (χ2v) is 5.13. The maximum absolute atomic E-state index is 5.67. The summed E-state index contributed by atoms with van der Waals surface area (Å²) in [5.74, 6) is 5.67. The number of hydrogen-bond acceptors (Lipinski definition) is 3. The highest BCUT2D eigenvalue weighted by Gasteiger charge is 2.13. The smallest absolute Gasteiger partial charge is 0.0508 e. The third-order valence-electron chi connectivity index (χ3n) is 3.20. The number of rotatable bonds is 4. The first-order valence-corrected chi connectivity index (χ1v) is 6.70. The first-order chi connectivity index (χ1) is 8.22. The maximum Gasteiger partial charge on any atom is 0.0508 e. The molecule has 1 heterocycles. The molecular weight excluding hydrogens is 228 g/mol. The monoisotopic (exact) mass is 246 g/mol. The molecule has 0 spiro atoms. The Morgan fingerprint density at radius 3 is 2.47 bits per heavy atom. The molecule has 0 aliphatic carbocycles. The number of nitrogens with two attached hydrogens (primary N) is 1. The molecule has 3 N–H and O–H groups in total. The minimum Gasteiger partial charge on any atom is -0.271 e. The van der Waals surface area contributed by atoms with Gasteiger partial charge < -0.3 is 0 Å². The largest absolute Gasteiger partial charge is 0.271 e. The van der Waals surface area contributed by atoms with Crippen LogP contribution in [0.4, 0.5) is 0 Å². The van der Waals surface area contributed by atoms with Crippen LogP contribution in [0, 0.1) is 13.8 Å². The topological polar surface area (TPSA) is 38.0 Å². The van der Waals surface area contributed by atoms with Gasteiger partial charge in [0.1, 0.15) is 0 Å². The van der Waals surface area contributed by atoms with E-state index in [1.807, 2.05) is 0 Å². The van der Waals surface area contributed by atoms with Crippen LogP contribution in [0.15, 0.2) is 35.0 Å². The van der Waals surface area contributed by atoms with E-state index in [1.165, 1.54) is 22.3 Å². The van der Waals surface area contributed by atoms with E-state index in [0.29, 0.717) is 0 Å². The van der Waals surface area contributed by atoms with Crippen LogP contribution in [0.3, 0.4) is 0 Å². The third-order valence-corrected chi connectivity index (χ3v) is 3.90. The second kappa shape index (κ2) is 5.45. The van der Waals surface area contributed by atoms with E-state index in [1.54, 1.807) is 11.3 Å².